The van der Waals surface area contributed by atoms with E-state index in [1.165, 1.54) is 0 Å². The fourth-order valence-electron chi connectivity index (χ4n) is 4.77. The van der Waals surface area contributed by atoms with Gasteiger partial charge in [0.25, 0.3) is 0 Å². The maximum atomic E-state index is 4.79. The predicted molar refractivity (Wildman–Crippen MR) is 176 cm³/mol. The van der Waals surface area contributed by atoms with Crippen LogP contribution in [-0.4, -0.2) is 0 Å². The van der Waals surface area contributed by atoms with Gasteiger partial charge in [-0.15, -0.1) is 0 Å². The minimum absolute atomic E-state index is 0.723. The van der Waals surface area contributed by atoms with Crippen LogP contribution in [0.25, 0.3) is 0 Å². The van der Waals surface area contributed by atoms with Gasteiger partial charge >= 0.3 is 0 Å². The maximum Gasteiger partial charge on any atom is 0.0857 e. The summed E-state index contributed by atoms with van der Waals surface area (Å²) in [5.41, 5.74) is 6.98. The van der Waals surface area contributed by atoms with Gasteiger partial charge < -0.3 is 0 Å². The third-order valence-electron chi connectivity index (χ3n) is 7.19. The molecule has 0 fully saturated rings. The Hall–Kier alpha value is -5.88. The molecule has 0 aliphatic heterocycles. The Kier molecular flexibility index (Phi) is 8.60. The van der Waals surface area contributed by atoms with E-state index >= 15 is 0 Å². The molecule has 6 aromatic carbocycles. The lowest BCUT2D eigenvalue weighted by atomic mass is 9.71. The zero-order chi connectivity index (χ0) is 30.0. The molecule has 6 aromatic rings. The van der Waals surface area contributed by atoms with E-state index in [-0.39, 0.29) is 0 Å². The van der Waals surface area contributed by atoms with E-state index in [2.05, 4.69) is 67.1 Å². The van der Waals surface area contributed by atoms with Crippen LogP contribution in [-0.2, 0) is 5.41 Å². The lowest BCUT2D eigenvalue weighted by Gasteiger charge is -2.32. The zero-order valence-corrected chi connectivity index (χ0v) is 24.0. The van der Waals surface area contributed by atoms with E-state index in [4.69, 9.17) is 6.92 Å². The van der Waals surface area contributed by atoms with Crippen LogP contribution in [0.15, 0.2) is 194 Å². The molecule has 6 rings (SSSR count). The molecule has 0 amide bonds. The standard InChI is InChI=1S/C38H29N6/c1-38(29-17-23-35(24-18-29)42-39-32-11-5-2-6-12-32,30-19-25-36(26-20-30)43-40-33-13-7-3-8-14-33)31-21-27-37(28-22-31)44-41-34-15-9-4-10-16-34/h2-28H,1H2/b42-39+,43-40+,44-41+. The first-order chi connectivity index (χ1) is 21.7. The molecule has 6 nitrogen and oxygen atoms in total. The van der Waals surface area contributed by atoms with Gasteiger partial charge in [0, 0.05) is 5.41 Å². The highest BCUT2D eigenvalue weighted by Gasteiger charge is 2.31. The predicted octanol–water partition coefficient (Wildman–Crippen LogP) is 12.1. The lowest BCUT2D eigenvalue weighted by Crippen LogP contribution is -2.25. The van der Waals surface area contributed by atoms with Gasteiger partial charge in [0.1, 0.15) is 0 Å². The second-order valence-electron chi connectivity index (χ2n) is 10.2. The van der Waals surface area contributed by atoms with Crippen molar-refractivity contribution in [3.8, 4) is 0 Å². The maximum absolute atomic E-state index is 4.79. The van der Waals surface area contributed by atoms with Crippen molar-refractivity contribution in [3.63, 3.8) is 0 Å². The van der Waals surface area contributed by atoms with E-state index in [0.717, 1.165) is 50.8 Å². The average Bonchev–Trinajstić information content (AvgIpc) is 3.10. The third-order valence-corrected chi connectivity index (χ3v) is 7.19. The van der Waals surface area contributed by atoms with Crippen molar-refractivity contribution < 1.29 is 0 Å². The van der Waals surface area contributed by atoms with Crippen LogP contribution in [0, 0.1) is 6.92 Å². The summed E-state index contributed by atoms with van der Waals surface area (Å²) in [6, 6.07) is 53.2. The first-order valence-electron chi connectivity index (χ1n) is 14.2. The van der Waals surface area contributed by atoms with Crippen molar-refractivity contribution in [1.82, 2.24) is 0 Å². The molecular weight excluding hydrogens is 540 g/mol. The van der Waals surface area contributed by atoms with Crippen LogP contribution in [0.1, 0.15) is 16.7 Å². The van der Waals surface area contributed by atoms with Gasteiger partial charge in [-0.25, -0.2) is 0 Å². The molecule has 0 aliphatic rings. The summed E-state index contributed by atoms with van der Waals surface area (Å²) in [5.74, 6) is 0. The Balaban J connectivity index is 1.32. The van der Waals surface area contributed by atoms with Crippen molar-refractivity contribution in [2.45, 2.75) is 5.41 Å². The molecule has 211 valence electrons. The number of nitrogens with zero attached hydrogens (tertiary/aromatic N) is 6. The lowest BCUT2D eigenvalue weighted by molar-refractivity contribution is 0.774. The van der Waals surface area contributed by atoms with Gasteiger partial charge in [-0.2, -0.15) is 30.7 Å². The van der Waals surface area contributed by atoms with Gasteiger partial charge in [0.15, 0.2) is 0 Å². The Bertz CT molecular complexity index is 1640. The summed E-state index contributed by atoms with van der Waals surface area (Å²) in [7, 11) is 0. The smallest absolute Gasteiger partial charge is 0.0857 e. The van der Waals surface area contributed by atoms with Gasteiger partial charge in [-0.05, 0) is 96.4 Å². The Morgan fingerprint density at radius 2 is 0.477 bits per heavy atom. The number of benzene rings is 6. The van der Waals surface area contributed by atoms with E-state index in [1.54, 1.807) is 0 Å². The molecule has 0 aliphatic carbocycles. The molecule has 1 radical (unpaired) electrons. The Labute approximate surface area is 257 Å². The zero-order valence-electron chi connectivity index (χ0n) is 24.0. The molecule has 0 aromatic heterocycles. The topological polar surface area (TPSA) is 74.2 Å². The van der Waals surface area contributed by atoms with Crippen molar-refractivity contribution in [2.24, 2.45) is 30.7 Å². The molecule has 6 heteroatoms. The summed E-state index contributed by atoms with van der Waals surface area (Å²) >= 11 is 0. The van der Waals surface area contributed by atoms with Crippen molar-refractivity contribution in [1.29, 1.82) is 0 Å². The minimum Gasteiger partial charge on any atom is -0.151 e. The van der Waals surface area contributed by atoms with E-state index < -0.39 is 5.41 Å². The van der Waals surface area contributed by atoms with Crippen LogP contribution in [0.5, 0.6) is 0 Å². The van der Waals surface area contributed by atoms with Gasteiger partial charge in [0.2, 0.25) is 0 Å². The van der Waals surface area contributed by atoms with Crippen LogP contribution in [0.3, 0.4) is 0 Å². The fraction of sp³-hybridized carbons (Fsp3) is 0.0263. The fourth-order valence-corrected chi connectivity index (χ4v) is 4.77. The van der Waals surface area contributed by atoms with Gasteiger partial charge in [-0.1, -0.05) is 91.0 Å². The van der Waals surface area contributed by atoms with Crippen molar-refractivity contribution in [2.75, 3.05) is 0 Å². The largest absolute Gasteiger partial charge is 0.151 e. The third kappa shape index (κ3) is 6.77. The van der Waals surface area contributed by atoms with Gasteiger partial charge in [0.05, 0.1) is 34.1 Å². The Morgan fingerprint density at radius 3 is 0.705 bits per heavy atom. The summed E-state index contributed by atoms with van der Waals surface area (Å²) < 4.78 is 0. The summed E-state index contributed by atoms with van der Waals surface area (Å²) in [6.07, 6.45) is 0. The van der Waals surface area contributed by atoms with Crippen molar-refractivity contribution >= 4 is 34.1 Å². The van der Waals surface area contributed by atoms with Crippen LogP contribution in [0.4, 0.5) is 34.1 Å². The monoisotopic (exact) mass is 569 g/mol. The number of hydrogen-bond acceptors (Lipinski definition) is 6. The van der Waals surface area contributed by atoms with Crippen LogP contribution >= 0.6 is 0 Å². The second-order valence-corrected chi connectivity index (χ2v) is 10.2. The second kappa shape index (κ2) is 13.4. The number of azo groups is 3. The summed E-state index contributed by atoms with van der Waals surface area (Å²) in [5, 5.41) is 26.3. The molecule has 0 heterocycles. The van der Waals surface area contributed by atoms with E-state index in [9.17, 15) is 0 Å². The molecule has 0 saturated carbocycles. The van der Waals surface area contributed by atoms with Crippen LogP contribution in [0.2, 0.25) is 0 Å². The first kappa shape index (κ1) is 28.2. The van der Waals surface area contributed by atoms with E-state index in [1.807, 2.05) is 127 Å². The normalized spacial score (nSPS) is 11.9. The highest BCUT2D eigenvalue weighted by molar-refractivity contribution is 5.57. The first-order valence-corrected chi connectivity index (χ1v) is 14.2. The average molecular weight is 570 g/mol. The number of hydrogen-bond donors (Lipinski definition) is 0. The molecule has 0 bridgehead atoms. The van der Waals surface area contributed by atoms with Gasteiger partial charge in [-0.3, -0.25) is 0 Å². The molecule has 0 saturated heterocycles. The molecular formula is C38H29N6. The quantitative estimate of drug-likeness (QED) is 0.123. The highest BCUT2D eigenvalue weighted by Crippen LogP contribution is 2.40. The summed E-state index contributed by atoms with van der Waals surface area (Å²) in [6.45, 7) is 4.79. The molecule has 44 heavy (non-hydrogen) atoms. The molecule has 0 N–H and O–H groups in total. The molecule has 0 unspecified atom stereocenters. The molecule has 0 spiro atoms. The Morgan fingerprint density at radius 1 is 0.273 bits per heavy atom. The minimum atomic E-state index is -0.723. The highest BCUT2D eigenvalue weighted by atomic mass is 15.1. The van der Waals surface area contributed by atoms with Crippen LogP contribution < -0.4 is 0 Å². The number of rotatable bonds is 9. The van der Waals surface area contributed by atoms with E-state index in [0.29, 0.717) is 0 Å². The van der Waals surface area contributed by atoms with Crippen molar-refractivity contribution in [3.05, 3.63) is 187 Å². The molecule has 0 atom stereocenters. The SMILES string of the molecule is [CH2]C(c1ccc(/N=N/c2ccccc2)cc1)(c1ccc(/N=N/c2ccccc2)cc1)c1ccc(/N=N/c2ccccc2)cc1. The summed E-state index contributed by atoms with van der Waals surface area (Å²) in [4.78, 5) is 0.